The van der Waals surface area contributed by atoms with Crippen molar-refractivity contribution in [3.8, 4) is 5.75 Å². The van der Waals surface area contributed by atoms with Gasteiger partial charge in [0.15, 0.2) is 6.61 Å². The summed E-state index contributed by atoms with van der Waals surface area (Å²) >= 11 is 0. The Bertz CT molecular complexity index is 1060. The molecule has 1 aliphatic rings. The highest BCUT2D eigenvalue weighted by Gasteiger charge is 2.27. The van der Waals surface area contributed by atoms with Crippen LogP contribution in [0.5, 0.6) is 5.75 Å². The maximum Gasteiger partial charge on any atom is 0.262 e. The van der Waals surface area contributed by atoms with Gasteiger partial charge in [-0.1, -0.05) is 18.2 Å². The fraction of sp³-hybridized carbons (Fsp3) is 0.238. The maximum absolute atomic E-state index is 12.1. The van der Waals surface area contributed by atoms with Gasteiger partial charge in [-0.25, -0.2) is 4.68 Å². The Morgan fingerprint density at radius 1 is 1.21 bits per heavy atom. The number of carbonyl (C=O) groups is 2. The topological polar surface area (TPSA) is 98.1 Å². The number of carbonyl (C=O) groups excluding carboxylic acids is 2. The van der Waals surface area contributed by atoms with Gasteiger partial charge >= 0.3 is 0 Å². The maximum atomic E-state index is 12.1. The van der Waals surface area contributed by atoms with E-state index in [2.05, 4.69) is 20.7 Å². The van der Waals surface area contributed by atoms with E-state index in [1.54, 1.807) is 16.8 Å². The first-order valence-electron chi connectivity index (χ1n) is 9.29. The van der Waals surface area contributed by atoms with Crippen molar-refractivity contribution in [2.24, 2.45) is 0 Å². The van der Waals surface area contributed by atoms with Crippen molar-refractivity contribution >= 4 is 23.5 Å². The molecule has 2 amide bonds. The Labute approximate surface area is 167 Å². The molecular formula is C21H21N5O3. The van der Waals surface area contributed by atoms with Gasteiger partial charge in [-0.15, -0.1) is 0 Å². The normalized spacial score (nSPS) is 15.4. The van der Waals surface area contributed by atoms with E-state index in [1.165, 1.54) is 11.9 Å². The van der Waals surface area contributed by atoms with Crippen molar-refractivity contribution in [2.45, 2.75) is 26.3 Å². The summed E-state index contributed by atoms with van der Waals surface area (Å²) in [6.07, 6.45) is 1.70. The van der Waals surface area contributed by atoms with E-state index >= 15 is 0 Å². The van der Waals surface area contributed by atoms with E-state index in [-0.39, 0.29) is 30.9 Å². The third-order valence-corrected chi connectivity index (χ3v) is 4.92. The van der Waals surface area contributed by atoms with Crippen LogP contribution in [-0.2, 0) is 9.59 Å². The second-order valence-corrected chi connectivity index (χ2v) is 7.00. The van der Waals surface area contributed by atoms with Crippen LogP contribution in [0.25, 0.3) is 0 Å². The fourth-order valence-corrected chi connectivity index (χ4v) is 3.22. The minimum Gasteiger partial charge on any atom is -0.484 e. The van der Waals surface area contributed by atoms with E-state index in [4.69, 9.17) is 4.74 Å². The van der Waals surface area contributed by atoms with E-state index in [0.29, 0.717) is 11.7 Å². The van der Waals surface area contributed by atoms with Gasteiger partial charge in [0, 0.05) is 5.69 Å². The summed E-state index contributed by atoms with van der Waals surface area (Å²) in [6.45, 7) is 3.93. The van der Waals surface area contributed by atoms with Crippen LogP contribution in [0.1, 0.15) is 29.2 Å². The van der Waals surface area contributed by atoms with Gasteiger partial charge in [0.25, 0.3) is 5.91 Å². The van der Waals surface area contributed by atoms with E-state index in [9.17, 15) is 9.59 Å². The number of fused-ring (bicyclic) bond motifs is 1. The highest BCUT2D eigenvalue weighted by Crippen LogP contribution is 2.29. The number of benzene rings is 2. The number of anilines is 2. The number of aromatic nitrogens is 3. The molecule has 1 aliphatic heterocycles. The third-order valence-electron chi connectivity index (χ3n) is 4.92. The summed E-state index contributed by atoms with van der Waals surface area (Å²) < 4.78 is 7.27. The van der Waals surface area contributed by atoms with Crippen molar-refractivity contribution in [2.75, 3.05) is 17.2 Å². The molecule has 0 saturated heterocycles. The van der Waals surface area contributed by atoms with E-state index in [1.807, 2.05) is 44.2 Å². The summed E-state index contributed by atoms with van der Waals surface area (Å²) in [7, 11) is 0. The molecule has 0 radical (unpaired) electrons. The number of nitrogens with zero attached hydrogens (tertiary/aromatic N) is 3. The minimum absolute atomic E-state index is 0.0919. The van der Waals surface area contributed by atoms with Gasteiger partial charge in [0.2, 0.25) is 11.9 Å². The van der Waals surface area contributed by atoms with Crippen LogP contribution in [0.15, 0.2) is 48.8 Å². The molecule has 0 spiro atoms. The first kappa shape index (κ1) is 18.7. The highest BCUT2D eigenvalue weighted by atomic mass is 16.5. The van der Waals surface area contributed by atoms with Crippen LogP contribution in [0.2, 0.25) is 0 Å². The summed E-state index contributed by atoms with van der Waals surface area (Å²) in [4.78, 5) is 28.1. The monoisotopic (exact) mass is 391 g/mol. The molecule has 1 aromatic heterocycles. The van der Waals surface area contributed by atoms with Crippen LogP contribution >= 0.6 is 0 Å². The zero-order chi connectivity index (χ0) is 20.4. The number of ether oxygens (including phenoxy) is 1. The molecule has 0 fully saturated rings. The molecule has 3 aromatic rings. The number of hydrogen-bond donors (Lipinski definition) is 2. The third kappa shape index (κ3) is 4.11. The van der Waals surface area contributed by atoms with E-state index in [0.717, 1.165) is 16.8 Å². The smallest absolute Gasteiger partial charge is 0.262 e. The lowest BCUT2D eigenvalue weighted by Crippen LogP contribution is -2.29. The number of nitrogens with one attached hydrogen (secondary N) is 2. The van der Waals surface area contributed by atoms with Crippen molar-refractivity contribution in [3.63, 3.8) is 0 Å². The van der Waals surface area contributed by atoms with Gasteiger partial charge in [-0.2, -0.15) is 10.1 Å². The first-order valence-corrected chi connectivity index (χ1v) is 9.29. The Morgan fingerprint density at radius 3 is 2.76 bits per heavy atom. The molecule has 0 bridgehead atoms. The largest absolute Gasteiger partial charge is 0.484 e. The summed E-state index contributed by atoms with van der Waals surface area (Å²) in [5.41, 5.74) is 3.95. The second-order valence-electron chi connectivity index (χ2n) is 7.00. The predicted octanol–water partition coefficient (Wildman–Crippen LogP) is 2.84. The molecule has 2 N–H and O–H groups in total. The zero-order valence-corrected chi connectivity index (χ0v) is 16.2. The Hall–Kier alpha value is -3.68. The van der Waals surface area contributed by atoms with Crippen LogP contribution in [0.3, 0.4) is 0 Å². The molecule has 8 nitrogen and oxygen atoms in total. The molecule has 4 rings (SSSR count). The lowest BCUT2D eigenvalue weighted by atomic mass is 10.0. The molecule has 0 saturated carbocycles. The molecule has 2 aromatic carbocycles. The summed E-state index contributed by atoms with van der Waals surface area (Å²) in [6, 6.07) is 12.8. The molecule has 0 aliphatic carbocycles. The summed E-state index contributed by atoms with van der Waals surface area (Å²) in [5.74, 6) is 0.685. The molecule has 2 heterocycles. The van der Waals surface area contributed by atoms with E-state index < -0.39 is 0 Å². The number of aryl methyl sites for hydroxylation is 2. The van der Waals surface area contributed by atoms with Gasteiger partial charge in [0.05, 0.1) is 12.5 Å². The van der Waals surface area contributed by atoms with Crippen LogP contribution < -0.4 is 15.4 Å². The summed E-state index contributed by atoms with van der Waals surface area (Å²) in [5, 5.41) is 9.71. The first-order chi connectivity index (χ1) is 14.0. The van der Waals surface area contributed by atoms with Gasteiger partial charge in [0.1, 0.15) is 12.1 Å². The van der Waals surface area contributed by atoms with Gasteiger partial charge in [-0.3, -0.25) is 14.9 Å². The molecule has 0 unspecified atom stereocenters. The number of rotatable bonds is 5. The zero-order valence-electron chi connectivity index (χ0n) is 16.2. The van der Waals surface area contributed by atoms with Crippen LogP contribution in [0, 0.1) is 13.8 Å². The lowest BCUT2D eigenvalue weighted by molar-refractivity contribution is -0.118. The predicted molar refractivity (Wildman–Crippen MR) is 108 cm³/mol. The Morgan fingerprint density at radius 2 is 2.00 bits per heavy atom. The number of amides is 2. The highest BCUT2D eigenvalue weighted by molar-refractivity contribution is 5.92. The Balaban J connectivity index is 1.37. The van der Waals surface area contributed by atoms with Crippen molar-refractivity contribution in [1.29, 1.82) is 0 Å². The van der Waals surface area contributed by atoms with Crippen molar-refractivity contribution < 1.29 is 14.3 Å². The molecule has 29 heavy (non-hydrogen) atoms. The minimum atomic E-state index is -0.228. The van der Waals surface area contributed by atoms with Gasteiger partial charge < -0.3 is 10.1 Å². The molecule has 148 valence electrons. The molecule has 1 atom stereocenters. The quantitative estimate of drug-likeness (QED) is 0.697. The van der Waals surface area contributed by atoms with Gasteiger partial charge in [-0.05, 0) is 54.8 Å². The van der Waals surface area contributed by atoms with Crippen molar-refractivity contribution in [3.05, 3.63) is 65.5 Å². The molecular weight excluding hydrogens is 370 g/mol. The lowest BCUT2D eigenvalue weighted by Gasteiger charge is -2.23. The second kappa shape index (κ2) is 7.75. The average molecular weight is 391 g/mol. The number of hydrogen-bond acceptors (Lipinski definition) is 5. The standard InChI is InChI=1S/C21H21N5O3/c1-13-3-6-16(9-14(13)2)24-20(28)11-29-17-7-4-15(5-8-17)18-10-19(27)25-21-22-12-23-26(18)21/h3-9,12,18H,10-11H2,1-2H3,(H,24,28)(H,22,23,25,27)/t18-/m1/s1. The average Bonchev–Trinajstić information content (AvgIpc) is 3.17. The van der Waals surface area contributed by atoms with Crippen molar-refractivity contribution in [1.82, 2.24) is 14.8 Å². The SMILES string of the molecule is Cc1ccc(NC(=O)COc2ccc([C@H]3CC(=O)Nc4ncnn43)cc2)cc1C. The van der Waals surface area contributed by atoms with Crippen LogP contribution in [0.4, 0.5) is 11.6 Å². The van der Waals surface area contributed by atoms with Crippen LogP contribution in [-0.4, -0.2) is 33.2 Å². The Kier molecular flexibility index (Phi) is 4.99. The molecule has 8 heteroatoms. The fourth-order valence-electron chi connectivity index (χ4n) is 3.22.